The second-order valence-corrected chi connectivity index (χ2v) is 5.49. The first-order valence-corrected chi connectivity index (χ1v) is 7.92. The van der Waals surface area contributed by atoms with E-state index in [-0.39, 0.29) is 12.5 Å². The summed E-state index contributed by atoms with van der Waals surface area (Å²) in [4.78, 5) is 22.8. The molecule has 1 aromatic heterocycles. The highest BCUT2D eigenvalue weighted by molar-refractivity contribution is 6.03. The van der Waals surface area contributed by atoms with Crippen LogP contribution in [-0.4, -0.2) is 53.9 Å². The molecule has 3 rings (SSSR count). The van der Waals surface area contributed by atoms with Crippen LogP contribution in [0.4, 0.5) is 11.5 Å². The quantitative estimate of drug-likeness (QED) is 0.855. The van der Waals surface area contributed by atoms with E-state index in [0.29, 0.717) is 31.0 Å². The third-order valence-electron chi connectivity index (χ3n) is 3.83. The predicted octanol–water partition coefficient (Wildman–Crippen LogP) is 1.10. The van der Waals surface area contributed by atoms with Gasteiger partial charge in [-0.3, -0.25) is 4.79 Å². The molecule has 1 aromatic carbocycles. The molecule has 7 nitrogen and oxygen atoms in total. The molecule has 0 spiro atoms. The minimum absolute atomic E-state index is 0.108. The molecule has 1 aliphatic rings. The van der Waals surface area contributed by atoms with E-state index in [9.17, 15) is 4.79 Å². The Bertz CT molecular complexity index is 684. The van der Waals surface area contributed by atoms with Gasteiger partial charge < -0.3 is 20.1 Å². The van der Waals surface area contributed by atoms with Gasteiger partial charge in [-0.05, 0) is 24.1 Å². The van der Waals surface area contributed by atoms with Crippen molar-refractivity contribution in [2.75, 3.05) is 43.1 Å². The van der Waals surface area contributed by atoms with E-state index in [2.05, 4.69) is 20.2 Å². The van der Waals surface area contributed by atoms with Gasteiger partial charge in [0.15, 0.2) is 0 Å². The number of nitrogens with zero attached hydrogens (tertiary/aromatic N) is 3. The molecule has 0 unspecified atom stereocenters. The van der Waals surface area contributed by atoms with Crippen molar-refractivity contribution >= 4 is 17.4 Å². The lowest BCUT2D eigenvalue weighted by Crippen LogP contribution is -2.37. The van der Waals surface area contributed by atoms with Gasteiger partial charge in [0.2, 0.25) is 0 Å². The molecule has 0 radical (unpaired) electrons. The van der Waals surface area contributed by atoms with Crippen molar-refractivity contribution in [1.29, 1.82) is 0 Å². The van der Waals surface area contributed by atoms with Crippen molar-refractivity contribution in [1.82, 2.24) is 9.97 Å². The zero-order chi connectivity index (χ0) is 16.8. The molecule has 1 saturated heterocycles. The molecule has 0 saturated carbocycles. The van der Waals surface area contributed by atoms with Gasteiger partial charge in [-0.1, -0.05) is 12.1 Å². The number of aliphatic hydroxyl groups is 1. The van der Waals surface area contributed by atoms with Crippen molar-refractivity contribution in [2.45, 2.75) is 6.42 Å². The van der Waals surface area contributed by atoms with Crippen LogP contribution in [0.25, 0.3) is 0 Å². The molecule has 126 valence electrons. The number of carbonyl (C=O) groups excluding carboxylic acids is 1. The van der Waals surface area contributed by atoms with E-state index in [1.54, 1.807) is 6.07 Å². The minimum Gasteiger partial charge on any atom is -0.396 e. The molecule has 2 aromatic rings. The SMILES string of the molecule is O=C(Nc1ccc(CCO)cc1)c1cc(N2CCOCC2)ncn1. The lowest BCUT2D eigenvalue weighted by Gasteiger charge is -2.27. The Labute approximate surface area is 140 Å². The van der Waals surface area contributed by atoms with Crippen LogP contribution in [0.15, 0.2) is 36.7 Å². The Balaban J connectivity index is 1.68. The number of anilines is 2. The second-order valence-electron chi connectivity index (χ2n) is 5.49. The van der Waals surface area contributed by atoms with Gasteiger partial charge in [0.1, 0.15) is 17.8 Å². The van der Waals surface area contributed by atoms with Crippen LogP contribution in [0.3, 0.4) is 0 Å². The zero-order valence-corrected chi connectivity index (χ0v) is 13.3. The predicted molar refractivity (Wildman–Crippen MR) is 90.2 cm³/mol. The number of hydrogen-bond acceptors (Lipinski definition) is 6. The van der Waals surface area contributed by atoms with Crippen LogP contribution in [0.5, 0.6) is 0 Å². The third kappa shape index (κ3) is 4.06. The first-order chi connectivity index (χ1) is 11.8. The number of rotatable bonds is 5. The smallest absolute Gasteiger partial charge is 0.274 e. The number of aliphatic hydroxyl groups excluding tert-OH is 1. The topological polar surface area (TPSA) is 87.6 Å². The zero-order valence-electron chi connectivity index (χ0n) is 13.3. The number of amides is 1. The maximum Gasteiger partial charge on any atom is 0.274 e. The summed E-state index contributed by atoms with van der Waals surface area (Å²) in [7, 11) is 0. The maximum absolute atomic E-state index is 12.4. The molecule has 7 heteroatoms. The van der Waals surface area contributed by atoms with Crippen LogP contribution >= 0.6 is 0 Å². The molecule has 0 atom stereocenters. The summed E-state index contributed by atoms with van der Waals surface area (Å²) in [5, 5.41) is 11.7. The van der Waals surface area contributed by atoms with E-state index in [0.717, 1.165) is 24.5 Å². The van der Waals surface area contributed by atoms with Crippen molar-refractivity contribution in [3.8, 4) is 0 Å². The van der Waals surface area contributed by atoms with Gasteiger partial charge in [0.25, 0.3) is 5.91 Å². The Kier molecular flexibility index (Phi) is 5.35. The van der Waals surface area contributed by atoms with Crippen LogP contribution < -0.4 is 10.2 Å². The monoisotopic (exact) mass is 328 g/mol. The number of hydrogen-bond donors (Lipinski definition) is 2. The molecule has 0 aliphatic carbocycles. The van der Waals surface area contributed by atoms with Crippen LogP contribution in [0.2, 0.25) is 0 Å². The average molecular weight is 328 g/mol. The molecule has 2 N–H and O–H groups in total. The summed E-state index contributed by atoms with van der Waals surface area (Å²) in [6, 6.07) is 9.08. The van der Waals surface area contributed by atoms with E-state index in [4.69, 9.17) is 9.84 Å². The normalized spacial score (nSPS) is 14.5. The number of aromatic nitrogens is 2. The van der Waals surface area contributed by atoms with Crippen molar-refractivity contribution < 1.29 is 14.6 Å². The average Bonchev–Trinajstić information content (AvgIpc) is 2.64. The van der Waals surface area contributed by atoms with Crippen molar-refractivity contribution in [2.24, 2.45) is 0 Å². The fraction of sp³-hybridized carbons (Fsp3) is 0.353. The highest BCUT2D eigenvalue weighted by atomic mass is 16.5. The van der Waals surface area contributed by atoms with E-state index >= 15 is 0 Å². The fourth-order valence-corrected chi connectivity index (χ4v) is 2.52. The minimum atomic E-state index is -0.276. The van der Waals surface area contributed by atoms with Gasteiger partial charge in [-0.15, -0.1) is 0 Å². The summed E-state index contributed by atoms with van der Waals surface area (Å²) in [6.45, 7) is 2.93. The van der Waals surface area contributed by atoms with E-state index in [1.165, 1.54) is 6.33 Å². The molecule has 1 aliphatic heterocycles. The molecule has 0 bridgehead atoms. The van der Waals surface area contributed by atoms with Gasteiger partial charge >= 0.3 is 0 Å². The van der Waals surface area contributed by atoms with Crippen LogP contribution in [0, 0.1) is 0 Å². The molecule has 1 amide bonds. The van der Waals surface area contributed by atoms with Gasteiger partial charge in [0.05, 0.1) is 13.2 Å². The second kappa shape index (κ2) is 7.85. The number of carbonyl (C=O) groups is 1. The number of nitrogens with one attached hydrogen (secondary N) is 1. The molecular weight excluding hydrogens is 308 g/mol. The number of morpholine rings is 1. The first kappa shape index (κ1) is 16.4. The number of benzene rings is 1. The summed E-state index contributed by atoms with van der Waals surface area (Å²) in [5.41, 5.74) is 2.03. The van der Waals surface area contributed by atoms with Crippen LogP contribution in [0.1, 0.15) is 16.1 Å². The maximum atomic E-state index is 12.4. The molecule has 24 heavy (non-hydrogen) atoms. The number of ether oxygens (including phenoxy) is 1. The van der Waals surface area contributed by atoms with Crippen molar-refractivity contribution in [3.05, 3.63) is 47.9 Å². The summed E-state index contributed by atoms with van der Waals surface area (Å²) >= 11 is 0. The summed E-state index contributed by atoms with van der Waals surface area (Å²) in [6.07, 6.45) is 2.01. The standard InChI is InChI=1S/C17H20N4O3/c22-8-5-13-1-3-14(4-2-13)20-17(23)15-11-16(19-12-18-15)21-6-9-24-10-7-21/h1-4,11-12,22H,5-10H2,(H,20,23). The Morgan fingerprint density at radius 3 is 2.67 bits per heavy atom. The van der Waals surface area contributed by atoms with E-state index in [1.807, 2.05) is 24.3 Å². The largest absolute Gasteiger partial charge is 0.396 e. The Hall–Kier alpha value is -2.51. The highest BCUT2D eigenvalue weighted by Gasteiger charge is 2.15. The molecule has 2 heterocycles. The Morgan fingerprint density at radius 2 is 1.96 bits per heavy atom. The van der Waals surface area contributed by atoms with E-state index < -0.39 is 0 Å². The lowest BCUT2D eigenvalue weighted by atomic mass is 10.1. The first-order valence-electron chi connectivity index (χ1n) is 7.92. The third-order valence-corrected chi connectivity index (χ3v) is 3.83. The summed E-state index contributed by atoms with van der Waals surface area (Å²) < 4.78 is 5.32. The molecule has 1 fully saturated rings. The lowest BCUT2D eigenvalue weighted by molar-refractivity contribution is 0.102. The highest BCUT2D eigenvalue weighted by Crippen LogP contribution is 2.15. The summed E-state index contributed by atoms with van der Waals surface area (Å²) in [5.74, 6) is 0.457. The van der Waals surface area contributed by atoms with Crippen molar-refractivity contribution in [3.63, 3.8) is 0 Å². The molecular formula is C17H20N4O3. The fourth-order valence-electron chi connectivity index (χ4n) is 2.52. The van der Waals surface area contributed by atoms with Gasteiger partial charge in [-0.25, -0.2) is 9.97 Å². The van der Waals surface area contributed by atoms with Crippen LogP contribution in [-0.2, 0) is 11.2 Å². The van der Waals surface area contributed by atoms with Gasteiger partial charge in [0, 0.05) is 31.5 Å². The van der Waals surface area contributed by atoms with Gasteiger partial charge in [-0.2, -0.15) is 0 Å². The Morgan fingerprint density at radius 1 is 1.21 bits per heavy atom.